The van der Waals surface area contributed by atoms with Gasteiger partial charge in [-0.25, -0.2) is 0 Å². The molecule has 0 aliphatic carbocycles. The van der Waals surface area contributed by atoms with E-state index < -0.39 is 11.9 Å². The van der Waals surface area contributed by atoms with Crippen molar-refractivity contribution in [2.24, 2.45) is 17.8 Å². The molecule has 0 fully saturated rings. The Hall–Kier alpha value is -2.37. The van der Waals surface area contributed by atoms with Gasteiger partial charge in [-0.2, -0.15) is 0 Å². The summed E-state index contributed by atoms with van der Waals surface area (Å²) in [5, 5.41) is 14.8. The number of amides is 2. The van der Waals surface area contributed by atoms with E-state index >= 15 is 0 Å². The number of carbonyl (C=O) groups excluding carboxylic acids is 2. The fourth-order valence-electron chi connectivity index (χ4n) is 2.68. The van der Waals surface area contributed by atoms with Gasteiger partial charge >= 0.3 is 5.97 Å². The summed E-state index contributed by atoms with van der Waals surface area (Å²) < 4.78 is 0. The molecule has 0 spiro atoms. The van der Waals surface area contributed by atoms with E-state index in [1.807, 2.05) is 34.6 Å². The molecule has 3 N–H and O–H groups in total. The molecule has 2 amide bonds. The highest BCUT2D eigenvalue weighted by atomic mass is 16.4. The van der Waals surface area contributed by atoms with Crippen LogP contribution in [0.4, 0.5) is 5.69 Å². The van der Waals surface area contributed by atoms with Crippen molar-refractivity contribution >= 4 is 23.5 Å². The monoisotopic (exact) mass is 362 g/mol. The van der Waals surface area contributed by atoms with Crippen molar-refractivity contribution in [1.29, 1.82) is 0 Å². The first-order chi connectivity index (χ1) is 12.1. The fraction of sp³-hybridized carbons (Fsp3) is 0.550. The number of benzene rings is 1. The van der Waals surface area contributed by atoms with Crippen LogP contribution >= 0.6 is 0 Å². The number of hydrogen-bond acceptors (Lipinski definition) is 3. The normalized spacial score (nSPS) is 12.1. The molecule has 6 heteroatoms. The van der Waals surface area contributed by atoms with E-state index in [1.165, 1.54) is 0 Å². The summed E-state index contributed by atoms with van der Waals surface area (Å²) in [7, 11) is 0. The van der Waals surface area contributed by atoms with E-state index in [-0.39, 0.29) is 30.2 Å². The average molecular weight is 362 g/mol. The van der Waals surface area contributed by atoms with Crippen LogP contribution in [-0.4, -0.2) is 29.4 Å². The zero-order valence-electron chi connectivity index (χ0n) is 16.3. The van der Waals surface area contributed by atoms with Crippen molar-refractivity contribution in [3.05, 3.63) is 29.3 Å². The van der Waals surface area contributed by atoms with Crippen LogP contribution in [0.25, 0.3) is 0 Å². The third kappa shape index (κ3) is 7.25. The number of carbonyl (C=O) groups is 3. The predicted molar refractivity (Wildman–Crippen MR) is 102 cm³/mol. The Morgan fingerprint density at radius 1 is 1.08 bits per heavy atom. The van der Waals surface area contributed by atoms with Gasteiger partial charge < -0.3 is 15.7 Å². The van der Waals surface area contributed by atoms with E-state index in [2.05, 4.69) is 10.6 Å². The Bertz CT molecular complexity index is 653. The maximum atomic E-state index is 12.3. The molecular weight excluding hydrogens is 332 g/mol. The molecule has 0 aliphatic heterocycles. The van der Waals surface area contributed by atoms with Gasteiger partial charge in [-0.3, -0.25) is 14.4 Å². The van der Waals surface area contributed by atoms with E-state index in [1.54, 1.807) is 18.2 Å². The van der Waals surface area contributed by atoms with Gasteiger partial charge in [0.15, 0.2) is 0 Å². The van der Waals surface area contributed by atoms with Crippen LogP contribution in [-0.2, 0) is 9.59 Å². The summed E-state index contributed by atoms with van der Waals surface area (Å²) in [6.45, 7) is 9.77. The lowest BCUT2D eigenvalue weighted by Crippen LogP contribution is -2.33. The summed E-state index contributed by atoms with van der Waals surface area (Å²) >= 11 is 0. The minimum Gasteiger partial charge on any atom is -0.481 e. The molecule has 0 saturated carbocycles. The Morgan fingerprint density at radius 2 is 1.73 bits per heavy atom. The van der Waals surface area contributed by atoms with Crippen LogP contribution in [0.5, 0.6) is 0 Å². The molecule has 0 bridgehead atoms. The Balaban J connectivity index is 2.71. The minimum absolute atomic E-state index is 0.0571. The second kappa shape index (κ2) is 9.94. The first-order valence-corrected chi connectivity index (χ1v) is 9.01. The quantitative estimate of drug-likeness (QED) is 0.627. The van der Waals surface area contributed by atoms with E-state index in [0.717, 1.165) is 5.56 Å². The van der Waals surface area contributed by atoms with E-state index in [4.69, 9.17) is 0 Å². The number of nitrogens with one attached hydrogen (secondary N) is 2. The van der Waals surface area contributed by atoms with Gasteiger partial charge in [-0.05, 0) is 48.9 Å². The molecule has 0 radical (unpaired) electrons. The molecule has 1 aromatic carbocycles. The van der Waals surface area contributed by atoms with Crippen LogP contribution in [0.15, 0.2) is 18.2 Å². The van der Waals surface area contributed by atoms with Crippen LogP contribution in [0.1, 0.15) is 56.5 Å². The van der Waals surface area contributed by atoms with Gasteiger partial charge in [0, 0.05) is 24.2 Å². The minimum atomic E-state index is -0.904. The number of anilines is 1. The maximum absolute atomic E-state index is 12.3. The number of aryl methyl sites for hydroxylation is 1. The number of rotatable bonds is 9. The zero-order valence-corrected chi connectivity index (χ0v) is 16.3. The molecular formula is C20H30N2O4. The molecule has 0 saturated heterocycles. The Labute approximate surface area is 155 Å². The summed E-state index contributed by atoms with van der Waals surface area (Å²) in [5.74, 6) is -1.37. The number of carboxylic acids is 1. The van der Waals surface area contributed by atoms with Gasteiger partial charge in [-0.15, -0.1) is 0 Å². The smallest absolute Gasteiger partial charge is 0.308 e. The van der Waals surface area contributed by atoms with Crippen LogP contribution < -0.4 is 10.6 Å². The summed E-state index contributed by atoms with van der Waals surface area (Å²) in [4.78, 5) is 35.4. The average Bonchev–Trinajstić information content (AvgIpc) is 2.51. The second-order valence-electron chi connectivity index (χ2n) is 7.55. The standard InChI is InChI=1S/C20H30N2O4/c1-12(2)8-16(20(25)26)11-21-19(24)15-6-7-17(14(5)10-15)22-18(23)9-13(3)4/h6-7,10,12-13,16H,8-9,11H2,1-5H3,(H,21,24)(H,22,23)(H,25,26). The van der Waals surface area contributed by atoms with Crippen molar-refractivity contribution < 1.29 is 19.5 Å². The molecule has 0 aliphatic rings. The Kier molecular flexibility index (Phi) is 8.29. The van der Waals surface area contributed by atoms with Gasteiger partial charge in [0.1, 0.15) is 0 Å². The molecule has 144 valence electrons. The number of carboxylic acid groups (broad SMARTS) is 1. The van der Waals surface area contributed by atoms with E-state index in [9.17, 15) is 19.5 Å². The third-order valence-electron chi connectivity index (χ3n) is 3.97. The molecule has 1 unspecified atom stereocenters. The lowest BCUT2D eigenvalue weighted by molar-refractivity contribution is -0.142. The van der Waals surface area contributed by atoms with Crippen LogP contribution in [0.2, 0.25) is 0 Å². The SMILES string of the molecule is Cc1cc(C(=O)NCC(CC(C)C)C(=O)O)ccc1NC(=O)CC(C)C. The fourth-order valence-corrected chi connectivity index (χ4v) is 2.68. The van der Waals surface area contributed by atoms with Crippen molar-refractivity contribution in [3.8, 4) is 0 Å². The van der Waals surface area contributed by atoms with Gasteiger partial charge in [-0.1, -0.05) is 27.7 Å². The molecule has 0 heterocycles. The van der Waals surface area contributed by atoms with E-state index in [0.29, 0.717) is 24.1 Å². The van der Waals surface area contributed by atoms with Gasteiger partial charge in [0.05, 0.1) is 5.92 Å². The lowest BCUT2D eigenvalue weighted by atomic mass is 9.97. The first kappa shape index (κ1) is 21.7. The first-order valence-electron chi connectivity index (χ1n) is 9.01. The highest BCUT2D eigenvalue weighted by molar-refractivity contribution is 5.96. The van der Waals surface area contributed by atoms with Crippen molar-refractivity contribution in [2.45, 2.75) is 47.5 Å². The summed E-state index contributed by atoms with van der Waals surface area (Å²) in [5.41, 5.74) is 1.90. The molecule has 0 aromatic heterocycles. The Morgan fingerprint density at radius 3 is 2.23 bits per heavy atom. The largest absolute Gasteiger partial charge is 0.481 e. The van der Waals surface area contributed by atoms with Gasteiger partial charge in [0.25, 0.3) is 5.91 Å². The molecule has 26 heavy (non-hydrogen) atoms. The molecule has 1 aromatic rings. The number of aliphatic carboxylic acids is 1. The lowest BCUT2D eigenvalue weighted by Gasteiger charge is -2.16. The maximum Gasteiger partial charge on any atom is 0.308 e. The van der Waals surface area contributed by atoms with Crippen molar-refractivity contribution in [2.75, 3.05) is 11.9 Å². The van der Waals surface area contributed by atoms with Crippen LogP contribution in [0.3, 0.4) is 0 Å². The molecule has 1 rings (SSSR count). The topological polar surface area (TPSA) is 95.5 Å². The molecule has 6 nitrogen and oxygen atoms in total. The van der Waals surface area contributed by atoms with Crippen molar-refractivity contribution in [1.82, 2.24) is 5.32 Å². The van der Waals surface area contributed by atoms with Crippen molar-refractivity contribution in [3.63, 3.8) is 0 Å². The highest BCUT2D eigenvalue weighted by Gasteiger charge is 2.20. The summed E-state index contributed by atoms with van der Waals surface area (Å²) in [6.07, 6.45) is 0.948. The van der Waals surface area contributed by atoms with Gasteiger partial charge in [0.2, 0.25) is 5.91 Å². The summed E-state index contributed by atoms with van der Waals surface area (Å²) in [6, 6.07) is 5.02. The third-order valence-corrected chi connectivity index (χ3v) is 3.97. The second-order valence-corrected chi connectivity index (χ2v) is 7.55. The molecule has 1 atom stereocenters. The predicted octanol–water partition coefficient (Wildman–Crippen LogP) is 3.46. The number of hydrogen-bond donors (Lipinski definition) is 3. The zero-order chi connectivity index (χ0) is 19.9. The van der Waals surface area contributed by atoms with Crippen LogP contribution in [0, 0.1) is 24.7 Å². The highest BCUT2D eigenvalue weighted by Crippen LogP contribution is 2.18.